The molecule has 1 aliphatic rings. The summed E-state index contributed by atoms with van der Waals surface area (Å²) in [4.78, 5) is 23.9. The maximum Gasteiger partial charge on any atom is 0.337 e. The first-order valence-corrected chi connectivity index (χ1v) is 7.66. The fraction of sp³-hybridized carbons (Fsp3) is 0.263. The number of rotatable bonds is 4. The molecule has 2 aromatic rings. The number of benzene rings is 2. The molecule has 0 saturated heterocycles. The third kappa shape index (κ3) is 3.25. The lowest BCUT2D eigenvalue weighted by Crippen LogP contribution is -2.28. The molecule has 1 heterocycles. The smallest absolute Gasteiger partial charge is 0.337 e. The Kier molecular flexibility index (Phi) is 4.51. The summed E-state index contributed by atoms with van der Waals surface area (Å²) in [6.07, 6.45) is 0.569. The van der Waals surface area contributed by atoms with Gasteiger partial charge in [0.25, 0.3) is 0 Å². The molecular weight excluding hydrogens is 308 g/mol. The van der Waals surface area contributed by atoms with Crippen LogP contribution in [0.2, 0.25) is 0 Å². The lowest BCUT2D eigenvalue weighted by atomic mass is 9.96. The molecule has 2 aromatic carbocycles. The predicted molar refractivity (Wildman–Crippen MR) is 87.8 cm³/mol. The predicted octanol–water partition coefficient (Wildman–Crippen LogP) is 3.06. The van der Waals surface area contributed by atoms with E-state index in [1.165, 1.54) is 7.11 Å². The van der Waals surface area contributed by atoms with Crippen LogP contribution in [0.25, 0.3) is 0 Å². The van der Waals surface area contributed by atoms with Crippen LogP contribution in [0.1, 0.15) is 32.7 Å². The molecule has 1 unspecified atom stereocenters. The molecule has 0 spiro atoms. The number of hydrogen-bond donors (Lipinski definition) is 0. The monoisotopic (exact) mass is 326 g/mol. The Labute approximate surface area is 140 Å². The van der Waals surface area contributed by atoms with Gasteiger partial charge >= 0.3 is 5.97 Å². The zero-order chi connectivity index (χ0) is 17.1. The molecule has 5 nitrogen and oxygen atoms in total. The highest BCUT2D eigenvalue weighted by molar-refractivity contribution is 6.00. The number of carbonyl (C=O) groups is 2. The molecule has 0 amide bonds. The van der Waals surface area contributed by atoms with Gasteiger partial charge in [0.05, 0.1) is 25.3 Å². The molecule has 24 heavy (non-hydrogen) atoms. The van der Waals surface area contributed by atoms with E-state index in [4.69, 9.17) is 14.2 Å². The van der Waals surface area contributed by atoms with Crippen molar-refractivity contribution in [1.82, 2.24) is 0 Å². The zero-order valence-corrected chi connectivity index (χ0v) is 13.6. The van der Waals surface area contributed by atoms with Gasteiger partial charge in [-0.15, -0.1) is 0 Å². The second kappa shape index (κ2) is 6.74. The molecule has 0 radical (unpaired) electrons. The first-order chi connectivity index (χ1) is 11.6. The SMILES string of the molecule is COC(=O)c1cccc(CC2CC(=O)c3ccc(OC)cc3O2)c1. The molecule has 5 heteroatoms. The molecule has 0 fully saturated rings. The molecule has 0 bridgehead atoms. The van der Waals surface area contributed by atoms with Crippen LogP contribution in [0, 0.1) is 0 Å². The van der Waals surface area contributed by atoms with Crippen molar-refractivity contribution in [3.8, 4) is 11.5 Å². The van der Waals surface area contributed by atoms with Gasteiger partial charge in [0, 0.05) is 18.9 Å². The molecule has 0 N–H and O–H groups in total. The summed E-state index contributed by atoms with van der Waals surface area (Å²) in [5.74, 6) is 0.857. The fourth-order valence-corrected chi connectivity index (χ4v) is 2.82. The minimum atomic E-state index is -0.382. The normalized spacial score (nSPS) is 16.1. The van der Waals surface area contributed by atoms with Crippen molar-refractivity contribution in [1.29, 1.82) is 0 Å². The van der Waals surface area contributed by atoms with Gasteiger partial charge in [-0.2, -0.15) is 0 Å². The maximum atomic E-state index is 12.3. The summed E-state index contributed by atoms with van der Waals surface area (Å²) in [6, 6.07) is 12.4. The molecule has 124 valence electrons. The average Bonchev–Trinajstić information content (AvgIpc) is 2.60. The molecule has 1 atom stereocenters. The van der Waals surface area contributed by atoms with E-state index in [0.717, 1.165) is 5.56 Å². The van der Waals surface area contributed by atoms with Crippen molar-refractivity contribution >= 4 is 11.8 Å². The van der Waals surface area contributed by atoms with Gasteiger partial charge in [0.2, 0.25) is 0 Å². The van der Waals surface area contributed by atoms with Gasteiger partial charge in [-0.1, -0.05) is 12.1 Å². The van der Waals surface area contributed by atoms with E-state index in [9.17, 15) is 9.59 Å². The van der Waals surface area contributed by atoms with Crippen LogP contribution >= 0.6 is 0 Å². The van der Waals surface area contributed by atoms with Gasteiger partial charge in [-0.3, -0.25) is 4.79 Å². The molecule has 1 aliphatic heterocycles. The summed E-state index contributed by atoms with van der Waals surface area (Å²) in [7, 11) is 2.92. The summed E-state index contributed by atoms with van der Waals surface area (Å²) >= 11 is 0. The first kappa shape index (κ1) is 16.1. The number of carbonyl (C=O) groups excluding carboxylic acids is 2. The van der Waals surface area contributed by atoms with E-state index >= 15 is 0 Å². The minimum Gasteiger partial charge on any atom is -0.497 e. The third-order valence-corrected chi connectivity index (χ3v) is 4.01. The van der Waals surface area contributed by atoms with E-state index in [-0.39, 0.29) is 17.9 Å². The van der Waals surface area contributed by atoms with Crippen LogP contribution in [0.4, 0.5) is 0 Å². The van der Waals surface area contributed by atoms with Crippen molar-refractivity contribution in [2.45, 2.75) is 18.9 Å². The molecule has 0 saturated carbocycles. The van der Waals surface area contributed by atoms with Crippen molar-refractivity contribution in [2.75, 3.05) is 14.2 Å². The van der Waals surface area contributed by atoms with E-state index in [0.29, 0.717) is 35.5 Å². The van der Waals surface area contributed by atoms with Gasteiger partial charge in [-0.25, -0.2) is 4.79 Å². The number of ketones is 1. The second-order valence-corrected chi connectivity index (χ2v) is 5.63. The van der Waals surface area contributed by atoms with Gasteiger partial charge in [0.1, 0.15) is 17.6 Å². The Balaban J connectivity index is 1.79. The van der Waals surface area contributed by atoms with Crippen molar-refractivity contribution in [3.05, 3.63) is 59.2 Å². The highest BCUT2D eigenvalue weighted by Gasteiger charge is 2.27. The average molecular weight is 326 g/mol. The number of fused-ring (bicyclic) bond motifs is 1. The van der Waals surface area contributed by atoms with Crippen molar-refractivity contribution in [3.63, 3.8) is 0 Å². The van der Waals surface area contributed by atoms with E-state index in [1.807, 2.05) is 6.07 Å². The summed E-state index contributed by atoms with van der Waals surface area (Å²) in [5, 5.41) is 0. The topological polar surface area (TPSA) is 61.8 Å². The standard InChI is InChI=1S/C19H18O5/c1-22-14-6-7-16-17(20)10-15(24-18(16)11-14)9-12-4-3-5-13(8-12)19(21)23-2/h3-8,11,15H,9-10H2,1-2H3. The number of hydrogen-bond acceptors (Lipinski definition) is 5. The highest BCUT2D eigenvalue weighted by atomic mass is 16.5. The zero-order valence-electron chi connectivity index (χ0n) is 13.6. The lowest BCUT2D eigenvalue weighted by molar-refractivity contribution is 0.0600. The molecule has 0 aliphatic carbocycles. The third-order valence-electron chi connectivity index (χ3n) is 4.01. The van der Waals surface area contributed by atoms with Crippen molar-refractivity contribution < 1.29 is 23.8 Å². The Morgan fingerprint density at radius 3 is 2.79 bits per heavy atom. The van der Waals surface area contributed by atoms with Crippen LogP contribution in [0.5, 0.6) is 11.5 Å². The van der Waals surface area contributed by atoms with E-state index in [2.05, 4.69) is 0 Å². The van der Waals surface area contributed by atoms with Crippen LogP contribution in [-0.4, -0.2) is 32.1 Å². The Hall–Kier alpha value is -2.82. The van der Waals surface area contributed by atoms with Crippen LogP contribution < -0.4 is 9.47 Å². The molecule has 0 aromatic heterocycles. The Morgan fingerprint density at radius 1 is 1.21 bits per heavy atom. The first-order valence-electron chi connectivity index (χ1n) is 7.66. The molecule has 3 rings (SSSR count). The largest absolute Gasteiger partial charge is 0.497 e. The Morgan fingerprint density at radius 2 is 2.04 bits per heavy atom. The van der Waals surface area contributed by atoms with Crippen LogP contribution in [-0.2, 0) is 11.2 Å². The summed E-state index contributed by atoms with van der Waals surface area (Å²) < 4.78 is 15.9. The summed E-state index contributed by atoms with van der Waals surface area (Å²) in [6.45, 7) is 0. The van der Waals surface area contributed by atoms with Crippen molar-refractivity contribution in [2.24, 2.45) is 0 Å². The number of ether oxygens (including phenoxy) is 3. The maximum absolute atomic E-state index is 12.3. The van der Waals surface area contributed by atoms with E-state index in [1.54, 1.807) is 43.5 Å². The number of Topliss-reactive ketones (excluding diaryl/α,β-unsaturated/α-hetero) is 1. The molecular formula is C19H18O5. The quantitative estimate of drug-likeness (QED) is 0.808. The van der Waals surface area contributed by atoms with Gasteiger partial charge in [0.15, 0.2) is 5.78 Å². The lowest BCUT2D eigenvalue weighted by Gasteiger charge is -2.25. The number of methoxy groups -OCH3 is 2. The minimum absolute atomic E-state index is 0.0491. The van der Waals surface area contributed by atoms with Crippen LogP contribution in [0.3, 0.4) is 0 Å². The summed E-state index contributed by atoms with van der Waals surface area (Å²) in [5.41, 5.74) is 1.98. The number of esters is 1. The van der Waals surface area contributed by atoms with E-state index < -0.39 is 0 Å². The van der Waals surface area contributed by atoms with Gasteiger partial charge in [-0.05, 0) is 29.8 Å². The fourth-order valence-electron chi connectivity index (χ4n) is 2.82. The highest BCUT2D eigenvalue weighted by Crippen LogP contribution is 2.32. The van der Waals surface area contributed by atoms with Gasteiger partial charge < -0.3 is 14.2 Å². The van der Waals surface area contributed by atoms with Crippen LogP contribution in [0.15, 0.2) is 42.5 Å². The second-order valence-electron chi connectivity index (χ2n) is 5.63. The Bertz CT molecular complexity index is 781.